The van der Waals surface area contributed by atoms with Crippen molar-refractivity contribution < 1.29 is 4.74 Å². The van der Waals surface area contributed by atoms with E-state index in [1.54, 1.807) is 12.4 Å². The van der Waals surface area contributed by atoms with Gasteiger partial charge < -0.3 is 15.4 Å². The Morgan fingerprint density at radius 3 is 3.19 bits per heavy atom. The number of ether oxygens (including phenoxy) is 1. The zero-order valence-electron chi connectivity index (χ0n) is 9.67. The van der Waals surface area contributed by atoms with Crippen molar-refractivity contribution in [1.82, 2.24) is 9.88 Å². The Morgan fingerprint density at radius 1 is 1.69 bits per heavy atom. The van der Waals surface area contributed by atoms with Gasteiger partial charge in [-0.25, -0.2) is 0 Å². The fourth-order valence-corrected chi connectivity index (χ4v) is 2.08. The van der Waals surface area contributed by atoms with Crippen LogP contribution in [-0.2, 0) is 0 Å². The van der Waals surface area contributed by atoms with Gasteiger partial charge in [-0.15, -0.1) is 0 Å². The summed E-state index contributed by atoms with van der Waals surface area (Å²) in [6.07, 6.45) is 4.63. The first-order valence-electron chi connectivity index (χ1n) is 5.72. The monoisotopic (exact) mass is 221 g/mol. The molecule has 2 atom stereocenters. The average molecular weight is 221 g/mol. The second-order valence-electron chi connectivity index (χ2n) is 4.47. The highest BCUT2D eigenvalue weighted by molar-refractivity contribution is 5.15. The van der Waals surface area contributed by atoms with E-state index >= 15 is 0 Å². The predicted molar refractivity (Wildman–Crippen MR) is 63.3 cm³/mol. The van der Waals surface area contributed by atoms with E-state index in [9.17, 15) is 0 Å². The highest BCUT2D eigenvalue weighted by atomic mass is 16.5. The molecule has 1 aromatic heterocycles. The van der Waals surface area contributed by atoms with Gasteiger partial charge in [-0.2, -0.15) is 0 Å². The highest BCUT2D eigenvalue weighted by Gasteiger charge is 2.25. The molecule has 0 aliphatic carbocycles. The van der Waals surface area contributed by atoms with Gasteiger partial charge in [0.05, 0.1) is 6.20 Å². The average Bonchev–Trinajstić information content (AvgIpc) is 2.74. The molecule has 0 spiro atoms. The molecule has 4 nitrogen and oxygen atoms in total. The molecule has 1 aromatic rings. The van der Waals surface area contributed by atoms with Crippen LogP contribution < -0.4 is 10.5 Å². The van der Waals surface area contributed by atoms with Crippen LogP contribution in [0.15, 0.2) is 24.5 Å². The Hall–Kier alpha value is -1.13. The quantitative estimate of drug-likeness (QED) is 0.814. The molecule has 16 heavy (non-hydrogen) atoms. The molecule has 0 saturated carbocycles. The van der Waals surface area contributed by atoms with Crippen molar-refractivity contribution in [3.63, 3.8) is 0 Å². The SMILES string of the molecule is CN1CCC(C(N)COc2cccnc2)C1. The molecule has 0 radical (unpaired) electrons. The molecule has 2 unspecified atom stereocenters. The van der Waals surface area contributed by atoms with Crippen molar-refractivity contribution in [2.24, 2.45) is 11.7 Å². The first-order valence-corrected chi connectivity index (χ1v) is 5.72. The van der Waals surface area contributed by atoms with E-state index in [-0.39, 0.29) is 6.04 Å². The molecule has 1 aliphatic heterocycles. The van der Waals surface area contributed by atoms with Gasteiger partial charge in [0.1, 0.15) is 12.4 Å². The third-order valence-corrected chi connectivity index (χ3v) is 3.11. The largest absolute Gasteiger partial charge is 0.490 e. The molecule has 0 aromatic carbocycles. The maximum absolute atomic E-state index is 6.12. The summed E-state index contributed by atoms with van der Waals surface area (Å²) in [5.41, 5.74) is 6.12. The lowest BCUT2D eigenvalue weighted by Gasteiger charge is -2.19. The number of rotatable bonds is 4. The molecule has 2 heterocycles. The van der Waals surface area contributed by atoms with Crippen LogP contribution in [0.4, 0.5) is 0 Å². The standard InChI is InChI=1S/C12H19N3O/c1-15-6-4-10(8-15)12(13)9-16-11-3-2-5-14-7-11/h2-3,5,7,10,12H,4,6,8-9,13H2,1H3. The Bertz CT molecular complexity index is 317. The van der Waals surface area contributed by atoms with Crippen LogP contribution in [0.5, 0.6) is 5.75 Å². The van der Waals surface area contributed by atoms with Gasteiger partial charge in [0.15, 0.2) is 0 Å². The maximum Gasteiger partial charge on any atom is 0.137 e. The van der Waals surface area contributed by atoms with Crippen molar-refractivity contribution in [2.45, 2.75) is 12.5 Å². The first kappa shape index (κ1) is 11.4. The zero-order valence-corrected chi connectivity index (χ0v) is 9.67. The van der Waals surface area contributed by atoms with E-state index in [0.717, 1.165) is 18.8 Å². The van der Waals surface area contributed by atoms with Crippen LogP contribution in [0.1, 0.15) is 6.42 Å². The Balaban J connectivity index is 1.78. The number of likely N-dealkylation sites (tertiary alicyclic amines) is 1. The third kappa shape index (κ3) is 2.93. The minimum atomic E-state index is 0.116. The topological polar surface area (TPSA) is 51.4 Å². The summed E-state index contributed by atoms with van der Waals surface area (Å²) in [6.45, 7) is 2.80. The van der Waals surface area contributed by atoms with Crippen molar-refractivity contribution in [1.29, 1.82) is 0 Å². The van der Waals surface area contributed by atoms with Gasteiger partial charge in [0.25, 0.3) is 0 Å². The highest BCUT2D eigenvalue weighted by Crippen LogP contribution is 2.18. The van der Waals surface area contributed by atoms with Crippen molar-refractivity contribution >= 4 is 0 Å². The molecule has 88 valence electrons. The lowest BCUT2D eigenvalue weighted by Crippen LogP contribution is -2.37. The summed E-state index contributed by atoms with van der Waals surface area (Å²) in [6, 6.07) is 3.88. The van der Waals surface area contributed by atoms with Gasteiger partial charge in [-0.1, -0.05) is 0 Å². The first-order chi connectivity index (χ1) is 7.75. The van der Waals surface area contributed by atoms with Crippen molar-refractivity contribution in [3.8, 4) is 5.75 Å². The van der Waals surface area contributed by atoms with Crippen LogP contribution in [0.3, 0.4) is 0 Å². The van der Waals surface area contributed by atoms with Gasteiger partial charge in [0.2, 0.25) is 0 Å². The van der Waals surface area contributed by atoms with Crippen LogP contribution in [0, 0.1) is 5.92 Å². The number of nitrogens with two attached hydrogens (primary N) is 1. The number of nitrogens with zero attached hydrogens (tertiary/aromatic N) is 2. The van der Waals surface area contributed by atoms with Gasteiger partial charge >= 0.3 is 0 Å². The van der Waals surface area contributed by atoms with Crippen LogP contribution in [0.2, 0.25) is 0 Å². The van der Waals surface area contributed by atoms with Crippen LogP contribution in [-0.4, -0.2) is 42.7 Å². The lowest BCUT2D eigenvalue weighted by atomic mass is 10.0. The molecule has 0 bridgehead atoms. The fraction of sp³-hybridized carbons (Fsp3) is 0.583. The van der Waals surface area contributed by atoms with E-state index in [4.69, 9.17) is 10.5 Å². The lowest BCUT2D eigenvalue weighted by molar-refractivity contribution is 0.244. The number of hydrogen-bond acceptors (Lipinski definition) is 4. The van der Waals surface area contributed by atoms with Gasteiger partial charge in [-0.3, -0.25) is 4.98 Å². The third-order valence-electron chi connectivity index (χ3n) is 3.11. The minimum Gasteiger partial charge on any atom is -0.490 e. The number of hydrogen-bond donors (Lipinski definition) is 1. The zero-order chi connectivity index (χ0) is 11.4. The molecule has 2 N–H and O–H groups in total. The van der Waals surface area contributed by atoms with E-state index in [1.165, 1.54) is 6.42 Å². The molecule has 1 aliphatic rings. The summed E-state index contributed by atoms with van der Waals surface area (Å²) in [7, 11) is 2.13. The number of pyridine rings is 1. The van der Waals surface area contributed by atoms with Gasteiger partial charge in [0, 0.05) is 18.8 Å². The number of aromatic nitrogens is 1. The second-order valence-corrected chi connectivity index (χ2v) is 4.47. The van der Waals surface area contributed by atoms with Crippen molar-refractivity contribution in [3.05, 3.63) is 24.5 Å². The van der Waals surface area contributed by atoms with Crippen molar-refractivity contribution in [2.75, 3.05) is 26.7 Å². The molecule has 4 heteroatoms. The van der Waals surface area contributed by atoms with E-state index < -0.39 is 0 Å². The van der Waals surface area contributed by atoms with E-state index in [2.05, 4.69) is 16.9 Å². The van der Waals surface area contributed by atoms with E-state index in [1.807, 2.05) is 12.1 Å². The molecule has 2 rings (SSSR count). The molecular weight excluding hydrogens is 202 g/mol. The van der Waals surface area contributed by atoms with Gasteiger partial charge in [-0.05, 0) is 38.1 Å². The summed E-state index contributed by atoms with van der Waals surface area (Å²) in [5.74, 6) is 1.35. The molecule has 1 saturated heterocycles. The summed E-state index contributed by atoms with van der Waals surface area (Å²) in [4.78, 5) is 6.31. The maximum atomic E-state index is 6.12. The van der Waals surface area contributed by atoms with E-state index in [0.29, 0.717) is 12.5 Å². The Morgan fingerprint density at radius 2 is 2.56 bits per heavy atom. The Labute approximate surface area is 96.4 Å². The predicted octanol–water partition coefficient (Wildman–Crippen LogP) is 0.739. The normalized spacial score (nSPS) is 23.2. The Kier molecular flexibility index (Phi) is 3.74. The second kappa shape index (κ2) is 5.27. The molecule has 0 amide bonds. The van der Waals surface area contributed by atoms with Crippen LogP contribution >= 0.6 is 0 Å². The summed E-state index contributed by atoms with van der Waals surface area (Å²) >= 11 is 0. The molecule has 1 fully saturated rings. The minimum absolute atomic E-state index is 0.116. The smallest absolute Gasteiger partial charge is 0.137 e. The summed E-state index contributed by atoms with van der Waals surface area (Å²) in [5, 5.41) is 0. The van der Waals surface area contributed by atoms with Crippen LogP contribution in [0.25, 0.3) is 0 Å². The fourth-order valence-electron chi connectivity index (χ4n) is 2.08. The molecular formula is C12H19N3O. The summed E-state index contributed by atoms with van der Waals surface area (Å²) < 4.78 is 5.61.